The maximum absolute atomic E-state index is 14.4. The molecule has 2 fully saturated rings. The van der Waals surface area contributed by atoms with Crippen LogP contribution in [0.5, 0.6) is 0 Å². The highest BCUT2D eigenvalue weighted by Gasteiger charge is 2.61. The Hall–Kier alpha value is -4.23. The predicted molar refractivity (Wildman–Crippen MR) is 177 cm³/mol. The second-order valence-electron chi connectivity index (χ2n) is 13.4. The number of nitrogens with zero attached hydrogens (tertiary/aromatic N) is 3. The molecule has 0 bridgehead atoms. The van der Waals surface area contributed by atoms with E-state index in [-0.39, 0.29) is 6.42 Å². The number of nitrogens with one attached hydrogen (secondary N) is 1. The molecule has 50 heavy (non-hydrogen) atoms. The van der Waals surface area contributed by atoms with Crippen LogP contribution < -0.4 is 5.32 Å². The fraction of sp³-hybridized carbons (Fsp3) is 0.432. The van der Waals surface area contributed by atoms with Gasteiger partial charge in [-0.2, -0.15) is 26.3 Å². The summed E-state index contributed by atoms with van der Waals surface area (Å²) in [5, 5.41) is 15.6. The van der Waals surface area contributed by atoms with Gasteiger partial charge in [0, 0.05) is 23.9 Å². The zero-order valence-electron chi connectivity index (χ0n) is 27.3. The summed E-state index contributed by atoms with van der Waals surface area (Å²) in [5.74, 6) is -3.08. The number of carbonyl (C=O) groups is 2. The molecule has 0 saturated carbocycles. The van der Waals surface area contributed by atoms with Gasteiger partial charge in [0.1, 0.15) is 11.5 Å². The number of carboxylic acids is 1. The maximum Gasteiger partial charge on any atom is 0.403 e. The first-order valence-electron chi connectivity index (χ1n) is 16.8. The van der Waals surface area contributed by atoms with Crippen LogP contribution in [-0.4, -0.2) is 82.9 Å². The van der Waals surface area contributed by atoms with Crippen LogP contribution in [0.25, 0.3) is 32.8 Å². The Kier molecular flexibility index (Phi) is 10.1. The molecule has 3 heterocycles. The lowest BCUT2D eigenvalue weighted by Gasteiger charge is -2.42. The van der Waals surface area contributed by atoms with Gasteiger partial charge in [-0.05, 0) is 79.7 Å². The molecule has 0 radical (unpaired) electrons. The molecule has 1 amide bonds. The molecule has 6 rings (SSSR count). The van der Waals surface area contributed by atoms with Gasteiger partial charge in [-0.3, -0.25) is 19.6 Å². The minimum absolute atomic E-state index is 0.320. The van der Waals surface area contributed by atoms with Crippen LogP contribution in [0, 0.1) is 5.41 Å². The number of fused-ring (bicyclic) bond motifs is 2. The lowest BCUT2D eigenvalue weighted by molar-refractivity contribution is -0.236. The van der Waals surface area contributed by atoms with E-state index in [2.05, 4.69) is 16.3 Å². The van der Waals surface area contributed by atoms with Crippen molar-refractivity contribution in [2.45, 2.75) is 63.5 Å². The van der Waals surface area contributed by atoms with E-state index in [0.29, 0.717) is 17.5 Å². The first kappa shape index (κ1) is 35.6. The van der Waals surface area contributed by atoms with E-state index in [1.807, 2.05) is 42.5 Å². The van der Waals surface area contributed by atoms with Crippen LogP contribution in [-0.2, 0) is 22.6 Å². The van der Waals surface area contributed by atoms with Gasteiger partial charge in [-0.1, -0.05) is 67.1 Å². The number of carboxylic acid groups (broad SMARTS) is 1. The maximum atomic E-state index is 14.4. The highest BCUT2D eigenvalue weighted by Crippen LogP contribution is 2.47. The van der Waals surface area contributed by atoms with Gasteiger partial charge in [-0.25, -0.2) is 4.79 Å². The second-order valence-corrected chi connectivity index (χ2v) is 13.4. The van der Waals surface area contributed by atoms with Gasteiger partial charge in [-0.15, -0.1) is 0 Å². The normalized spacial score (nSPS) is 18.3. The van der Waals surface area contributed by atoms with Gasteiger partial charge in [0.2, 0.25) is 5.91 Å². The number of carbonyl (C=O) groups excluding carboxylic acids is 1. The Morgan fingerprint density at radius 3 is 2.16 bits per heavy atom. The fourth-order valence-corrected chi connectivity index (χ4v) is 7.35. The molecule has 2 aliphatic heterocycles. The van der Waals surface area contributed by atoms with Gasteiger partial charge in [0.25, 0.3) is 0 Å². The summed E-state index contributed by atoms with van der Waals surface area (Å²) in [6, 6.07) is 19.1. The molecule has 13 heteroatoms. The van der Waals surface area contributed by atoms with E-state index in [1.165, 1.54) is 6.42 Å². The minimum Gasteiger partial charge on any atom is -0.480 e. The van der Waals surface area contributed by atoms with E-state index in [9.17, 15) is 41.0 Å². The first-order chi connectivity index (χ1) is 23.7. The molecule has 4 aromatic rings. The fourth-order valence-electron chi connectivity index (χ4n) is 7.35. The van der Waals surface area contributed by atoms with Gasteiger partial charge < -0.3 is 10.4 Å². The molecule has 2 aliphatic rings. The van der Waals surface area contributed by atoms with Crippen molar-refractivity contribution in [2.24, 2.45) is 5.41 Å². The van der Waals surface area contributed by atoms with Crippen molar-refractivity contribution in [1.82, 2.24) is 20.1 Å². The number of halogens is 6. The molecular weight excluding hydrogens is 662 g/mol. The number of piperidine rings is 2. The highest BCUT2D eigenvalue weighted by atomic mass is 19.4. The zero-order valence-corrected chi connectivity index (χ0v) is 27.3. The SMILES string of the molecule is O=C(O)[C@H](Cc1cccc2c(-c3nc(CN4CCCCC4)cc4ccccc34)cccc12)NC(=O)C1(C(F)(F)F)CCN(CC(F)(F)F)CC1. The summed E-state index contributed by atoms with van der Waals surface area (Å²) in [7, 11) is 0. The third-order valence-corrected chi connectivity index (χ3v) is 10.0. The van der Waals surface area contributed by atoms with E-state index in [1.54, 1.807) is 18.2 Å². The molecule has 2 N–H and O–H groups in total. The molecule has 1 atom stereocenters. The third kappa shape index (κ3) is 7.58. The molecule has 0 aliphatic carbocycles. The largest absolute Gasteiger partial charge is 0.480 e. The zero-order chi connectivity index (χ0) is 35.7. The number of alkyl halides is 6. The van der Waals surface area contributed by atoms with Crippen molar-refractivity contribution >= 4 is 33.4 Å². The smallest absolute Gasteiger partial charge is 0.403 e. The van der Waals surface area contributed by atoms with Crippen LogP contribution in [0.2, 0.25) is 0 Å². The minimum atomic E-state index is -5.10. The Morgan fingerprint density at radius 1 is 0.820 bits per heavy atom. The van der Waals surface area contributed by atoms with Crippen LogP contribution in [0.3, 0.4) is 0 Å². The van der Waals surface area contributed by atoms with Crippen LogP contribution in [0.1, 0.15) is 43.4 Å². The van der Waals surface area contributed by atoms with Crippen molar-refractivity contribution < 1.29 is 41.0 Å². The first-order valence-corrected chi connectivity index (χ1v) is 16.8. The number of aromatic nitrogens is 1. The molecule has 2 saturated heterocycles. The Morgan fingerprint density at radius 2 is 1.48 bits per heavy atom. The number of hydrogen-bond donors (Lipinski definition) is 2. The number of rotatable bonds is 9. The van der Waals surface area contributed by atoms with Crippen molar-refractivity contribution in [2.75, 3.05) is 32.7 Å². The van der Waals surface area contributed by atoms with Crippen molar-refractivity contribution in [3.05, 3.63) is 78.0 Å². The van der Waals surface area contributed by atoms with Crippen LogP contribution >= 0.6 is 0 Å². The molecule has 3 aromatic carbocycles. The number of benzene rings is 3. The van der Waals surface area contributed by atoms with Crippen LogP contribution in [0.4, 0.5) is 26.3 Å². The predicted octanol–water partition coefficient (Wildman–Crippen LogP) is 7.36. The van der Waals surface area contributed by atoms with E-state index in [4.69, 9.17) is 4.98 Å². The summed E-state index contributed by atoms with van der Waals surface area (Å²) in [4.78, 5) is 34.1. The quantitative estimate of drug-likeness (QED) is 0.178. The van der Waals surface area contributed by atoms with Gasteiger partial charge in [0.15, 0.2) is 0 Å². The lowest BCUT2D eigenvalue weighted by Crippen LogP contribution is -2.59. The van der Waals surface area contributed by atoms with Crippen molar-refractivity contribution in [1.29, 1.82) is 0 Å². The third-order valence-electron chi connectivity index (χ3n) is 10.0. The molecule has 0 unspecified atom stereocenters. The monoisotopic (exact) mass is 700 g/mol. The van der Waals surface area contributed by atoms with Crippen LogP contribution in [0.15, 0.2) is 66.7 Å². The molecular formula is C37H38F6N4O3. The van der Waals surface area contributed by atoms with Crippen molar-refractivity contribution in [3.63, 3.8) is 0 Å². The Labute approximate surface area is 285 Å². The molecule has 7 nitrogen and oxygen atoms in total. The Bertz CT molecular complexity index is 1860. The Balaban J connectivity index is 1.30. The van der Waals surface area contributed by atoms with E-state index < -0.39 is 68.2 Å². The number of aliphatic carboxylic acids is 1. The second kappa shape index (κ2) is 14.2. The lowest BCUT2D eigenvalue weighted by atomic mass is 9.76. The summed E-state index contributed by atoms with van der Waals surface area (Å²) in [6.45, 7) is 0.0915. The average Bonchev–Trinajstić information content (AvgIpc) is 3.07. The van der Waals surface area contributed by atoms with Gasteiger partial charge >= 0.3 is 18.3 Å². The van der Waals surface area contributed by atoms with E-state index >= 15 is 0 Å². The standard InChI is InChI=1S/C37H38F6N4O3/c38-36(39,40)23-47-18-14-35(15-19-47,37(41,42)43)34(50)45-31(33(48)49)21-25-9-6-12-29-27(25)11-7-13-30(29)32-28-10-3-2-8-24(28)20-26(44-32)22-46-16-4-1-5-17-46/h2-3,6-13,20,31H,1,4-5,14-19,21-23H2,(H,45,50)(H,48,49)/t31-/m0/s1. The molecule has 1 aromatic heterocycles. The number of hydrogen-bond acceptors (Lipinski definition) is 5. The molecule has 0 spiro atoms. The summed E-state index contributed by atoms with van der Waals surface area (Å²) in [6.07, 6.45) is -8.36. The summed E-state index contributed by atoms with van der Waals surface area (Å²) >= 11 is 0. The number of amides is 1. The topological polar surface area (TPSA) is 85.8 Å². The van der Waals surface area contributed by atoms with Gasteiger partial charge in [0.05, 0.1) is 17.9 Å². The summed E-state index contributed by atoms with van der Waals surface area (Å²) < 4.78 is 81.9. The van der Waals surface area contributed by atoms with Crippen molar-refractivity contribution in [3.8, 4) is 11.3 Å². The highest BCUT2D eigenvalue weighted by molar-refractivity contribution is 6.05. The van der Waals surface area contributed by atoms with E-state index in [0.717, 1.165) is 63.9 Å². The molecule has 266 valence electrons. The summed E-state index contributed by atoms with van der Waals surface area (Å²) in [5.41, 5.74) is -0.0404. The number of pyridine rings is 1. The average molecular weight is 701 g/mol. The number of likely N-dealkylation sites (tertiary alicyclic amines) is 2.